The lowest BCUT2D eigenvalue weighted by atomic mass is 9.80. The van der Waals surface area contributed by atoms with Crippen LogP contribution in [-0.4, -0.2) is 28.9 Å². The van der Waals surface area contributed by atoms with Gasteiger partial charge >= 0.3 is 0 Å². The van der Waals surface area contributed by atoms with Crippen molar-refractivity contribution in [1.82, 2.24) is 4.90 Å². The monoisotopic (exact) mass is 402 g/mol. The number of hydrogen-bond donors (Lipinski definition) is 1. The molecule has 1 fully saturated rings. The van der Waals surface area contributed by atoms with Gasteiger partial charge in [0.25, 0.3) is 5.91 Å². The third kappa shape index (κ3) is 2.98. The summed E-state index contributed by atoms with van der Waals surface area (Å²) in [6.45, 7) is 5.56. The second-order valence-corrected chi connectivity index (χ2v) is 7.17. The lowest BCUT2D eigenvalue weighted by molar-refractivity contribution is 0.0669. The Hall–Kier alpha value is -0.690. The van der Waals surface area contributed by atoms with Crippen molar-refractivity contribution in [2.75, 3.05) is 13.1 Å². The highest BCUT2D eigenvalue weighted by molar-refractivity contribution is 14.1. The molecule has 108 valence electrons. The Morgan fingerprint density at radius 3 is 2.55 bits per heavy atom. The summed E-state index contributed by atoms with van der Waals surface area (Å²) >= 11 is 7.38. The molecule has 1 aromatic carbocycles. The molecule has 0 radical (unpaired) electrons. The Labute approximate surface area is 139 Å². The average Bonchev–Trinajstić information content (AvgIpc) is 2.42. The van der Waals surface area contributed by atoms with Crippen molar-refractivity contribution in [3.05, 3.63) is 32.9 Å². The molecular weight excluding hydrogens is 383 g/mol. The summed E-state index contributed by atoms with van der Waals surface area (Å²) < 4.78 is 1.04. The first-order chi connectivity index (χ1) is 9.35. The highest BCUT2D eigenvalue weighted by atomic mass is 127. The van der Waals surface area contributed by atoms with E-state index >= 15 is 0 Å². The molecule has 1 saturated heterocycles. The van der Waals surface area contributed by atoms with E-state index in [0.717, 1.165) is 40.6 Å². The van der Waals surface area contributed by atoms with Crippen LogP contribution < -0.4 is 5.73 Å². The number of benzene rings is 1. The van der Waals surface area contributed by atoms with Crippen LogP contribution in [0.5, 0.6) is 0 Å². The smallest absolute Gasteiger partial charge is 0.254 e. The molecule has 0 unspecified atom stereocenters. The summed E-state index contributed by atoms with van der Waals surface area (Å²) in [5, 5.41) is 0. The third-order valence-electron chi connectivity index (χ3n) is 4.17. The van der Waals surface area contributed by atoms with E-state index in [-0.39, 0.29) is 11.3 Å². The first kappa shape index (κ1) is 15.7. The third-order valence-corrected chi connectivity index (χ3v) is 6.10. The number of amides is 1. The molecule has 1 aliphatic heterocycles. The number of nitrogens with zero attached hydrogens (tertiary/aromatic N) is 1. The Bertz CT molecular complexity index is 551. The number of hydrogen-bond acceptors (Lipinski definition) is 2. The zero-order valence-electron chi connectivity index (χ0n) is 11.8. The first-order valence-electron chi connectivity index (χ1n) is 6.69. The number of carbonyl (C=O) groups is 1. The van der Waals surface area contributed by atoms with Crippen LogP contribution in [0.3, 0.4) is 0 Å². The molecule has 1 heterocycles. The van der Waals surface area contributed by atoms with Crippen LogP contribution in [0.1, 0.15) is 35.7 Å². The van der Waals surface area contributed by atoms with Crippen molar-refractivity contribution in [2.45, 2.75) is 26.7 Å². The Morgan fingerprint density at radius 1 is 1.40 bits per heavy atom. The molecule has 2 rings (SSSR count). The second kappa shape index (κ2) is 5.97. The van der Waals surface area contributed by atoms with Gasteiger partial charge in [-0.3, -0.25) is 4.79 Å². The molecular formula is C15H19IN2OS. The maximum atomic E-state index is 12.6. The van der Waals surface area contributed by atoms with E-state index in [1.54, 1.807) is 0 Å². The predicted octanol–water partition coefficient (Wildman–Crippen LogP) is 3.13. The van der Waals surface area contributed by atoms with Gasteiger partial charge in [0.1, 0.15) is 0 Å². The summed E-state index contributed by atoms with van der Waals surface area (Å²) in [5.41, 5.74) is 7.64. The van der Waals surface area contributed by atoms with E-state index < -0.39 is 0 Å². The molecule has 1 aromatic rings. The van der Waals surface area contributed by atoms with Gasteiger partial charge in [0.05, 0.1) is 10.6 Å². The summed E-state index contributed by atoms with van der Waals surface area (Å²) in [4.78, 5) is 15.1. The van der Waals surface area contributed by atoms with Crippen LogP contribution in [0.25, 0.3) is 0 Å². The lowest BCUT2D eigenvalue weighted by Crippen LogP contribution is -2.46. The number of carbonyl (C=O) groups excluding carboxylic acids is 1. The Morgan fingerprint density at radius 2 is 2.00 bits per heavy atom. The molecule has 20 heavy (non-hydrogen) atoms. The summed E-state index contributed by atoms with van der Waals surface area (Å²) in [6, 6.07) is 5.87. The highest BCUT2D eigenvalue weighted by Gasteiger charge is 2.34. The van der Waals surface area contributed by atoms with E-state index in [2.05, 4.69) is 29.5 Å². The van der Waals surface area contributed by atoms with E-state index in [9.17, 15) is 4.79 Å². The minimum Gasteiger partial charge on any atom is -0.393 e. The lowest BCUT2D eigenvalue weighted by Gasteiger charge is -2.38. The van der Waals surface area contributed by atoms with Gasteiger partial charge in [-0.1, -0.05) is 31.3 Å². The molecule has 0 atom stereocenters. The molecule has 5 heteroatoms. The number of nitrogens with two attached hydrogens (primary N) is 1. The maximum absolute atomic E-state index is 12.6. The van der Waals surface area contributed by atoms with Crippen LogP contribution in [0.2, 0.25) is 0 Å². The Kier molecular flexibility index (Phi) is 4.69. The summed E-state index contributed by atoms with van der Waals surface area (Å²) in [7, 11) is 0. The van der Waals surface area contributed by atoms with Crippen LogP contribution in [0.15, 0.2) is 18.2 Å². The minimum absolute atomic E-state index is 0.105. The van der Waals surface area contributed by atoms with Gasteiger partial charge in [-0.25, -0.2) is 0 Å². The van der Waals surface area contributed by atoms with Crippen LogP contribution in [0.4, 0.5) is 0 Å². The standard InChI is InChI=1S/C15H19IN2OS/c1-10-4-3-5-11(12(10)16)13(19)18-8-6-15(2,7-9-18)14(17)20/h3-5H,6-9H2,1-2H3,(H2,17,20). The minimum atomic E-state index is -0.105. The summed E-state index contributed by atoms with van der Waals surface area (Å²) in [5.74, 6) is 0.114. The molecule has 1 amide bonds. The van der Waals surface area contributed by atoms with Crippen molar-refractivity contribution in [2.24, 2.45) is 11.1 Å². The van der Waals surface area contributed by atoms with Crippen LogP contribution in [0, 0.1) is 15.9 Å². The first-order valence-corrected chi connectivity index (χ1v) is 8.18. The fourth-order valence-corrected chi connectivity index (χ4v) is 3.23. The van der Waals surface area contributed by atoms with Crippen molar-refractivity contribution < 1.29 is 4.79 Å². The van der Waals surface area contributed by atoms with Gasteiger partial charge in [0, 0.05) is 22.1 Å². The molecule has 1 aliphatic rings. The van der Waals surface area contributed by atoms with Crippen LogP contribution in [-0.2, 0) is 0 Å². The van der Waals surface area contributed by atoms with Crippen molar-refractivity contribution >= 4 is 45.7 Å². The van der Waals surface area contributed by atoms with Gasteiger partial charge in [-0.05, 0) is 54.0 Å². The fourth-order valence-electron chi connectivity index (χ4n) is 2.43. The predicted molar refractivity (Wildman–Crippen MR) is 93.9 cm³/mol. The van der Waals surface area contributed by atoms with E-state index in [4.69, 9.17) is 18.0 Å². The van der Waals surface area contributed by atoms with E-state index in [0.29, 0.717) is 4.99 Å². The maximum Gasteiger partial charge on any atom is 0.254 e. The highest BCUT2D eigenvalue weighted by Crippen LogP contribution is 2.32. The average molecular weight is 402 g/mol. The molecule has 2 N–H and O–H groups in total. The SMILES string of the molecule is Cc1cccc(C(=O)N2CCC(C)(C(N)=S)CC2)c1I. The second-order valence-electron chi connectivity index (χ2n) is 5.65. The Balaban J connectivity index is 2.13. The zero-order valence-corrected chi connectivity index (χ0v) is 14.8. The van der Waals surface area contributed by atoms with Gasteiger partial charge in [-0.15, -0.1) is 0 Å². The number of piperidine rings is 1. The van der Waals surface area contributed by atoms with Crippen LogP contribution >= 0.6 is 34.8 Å². The van der Waals surface area contributed by atoms with Crippen molar-refractivity contribution in [3.8, 4) is 0 Å². The fraction of sp³-hybridized carbons (Fsp3) is 0.467. The van der Waals surface area contributed by atoms with Gasteiger partial charge in [0.15, 0.2) is 0 Å². The number of aryl methyl sites for hydroxylation is 1. The molecule has 0 spiro atoms. The molecule has 0 aromatic heterocycles. The molecule has 3 nitrogen and oxygen atoms in total. The number of thiocarbonyl (C=S) groups is 1. The van der Waals surface area contributed by atoms with Crippen molar-refractivity contribution in [3.63, 3.8) is 0 Å². The number of halogens is 1. The number of rotatable bonds is 2. The number of likely N-dealkylation sites (tertiary alicyclic amines) is 1. The van der Waals surface area contributed by atoms with Crippen molar-refractivity contribution in [1.29, 1.82) is 0 Å². The van der Waals surface area contributed by atoms with Gasteiger partial charge in [-0.2, -0.15) is 0 Å². The van der Waals surface area contributed by atoms with Gasteiger partial charge in [0.2, 0.25) is 0 Å². The summed E-state index contributed by atoms with van der Waals surface area (Å²) in [6.07, 6.45) is 1.69. The normalized spacial score (nSPS) is 17.9. The molecule has 0 aliphatic carbocycles. The largest absolute Gasteiger partial charge is 0.393 e. The van der Waals surface area contributed by atoms with Gasteiger partial charge < -0.3 is 10.6 Å². The zero-order chi connectivity index (χ0) is 14.9. The van der Waals surface area contributed by atoms with E-state index in [1.807, 2.05) is 30.0 Å². The van der Waals surface area contributed by atoms with E-state index in [1.165, 1.54) is 0 Å². The molecule has 0 saturated carbocycles. The topological polar surface area (TPSA) is 46.3 Å². The quantitative estimate of drug-likeness (QED) is 0.611. The molecule has 0 bridgehead atoms.